The number of hydrogen-bond donors (Lipinski definition) is 2. The molecule has 0 bridgehead atoms. The normalized spacial score (nSPS) is 11.2. The minimum atomic E-state index is -0.516. The summed E-state index contributed by atoms with van der Waals surface area (Å²) in [6.07, 6.45) is 3.48. The molecule has 0 unspecified atom stereocenters. The Balaban J connectivity index is 1.52. The van der Waals surface area contributed by atoms with Crippen LogP contribution in [0.2, 0.25) is 0 Å². The SMILES string of the molecule is O=C(CCc1cc(F)ccc1F)c1c[nH]c(-c2[nH]nc3ncccc23)c1. The number of pyridine rings is 1. The molecule has 5 nitrogen and oxygen atoms in total. The first-order valence-electron chi connectivity index (χ1n) is 8.07. The minimum absolute atomic E-state index is 0.0863. The second-order valence-electron chi connectivity index (χ2n) is 5.93. The van der Waals surface area contributed by atoms with Gasteiger partial charge in [-0.05, 0) is 48.4 Å². The second kappa shape index (κ2) is 6.51. The van der Waals surface area contributed by atoms with Gasteiger partial charge in [0.15, 0.2) is 11.4 Å². The summed E-state index contributed by atoms with van der Waals surface area (Å²) >= 11 is 0. The number of benzene rings is 1. The number of H-pyrrole nitrogens is 2. The zero-order valence-corrected chi connectivity index (χ0v) is 13.6. The Bertz CT molecular complexity index is 1100. The molecule has 0 saturated heterocycles. The summed E-state index contributed by atoms with van der Waals surface area (Å²) in [4.78, 5) is 19.6. The fourth-order valence-electron chi connectivity index (χ4n) is 2.88. The molecule has 0 spiro atoms. The van der Waals surface area contributed by atoms with Crippen LogP contribution >= 0.6 is 0 Å². The maximum absolute atomic E-state index is 13.7. The van der Waals surface area contributed by atoms with Crippen molar-refractivity contribution >= 4 is 16.8 Å². The van der Waals surface area contributed by atoms with Gasteiger partial charge < -0.3 is 4.98 Å². The maximum atomic E-state index is 13.7. The highest BCUT2D eigenvalue weighted by molar-refractivity contribution is 5.98. The third kappa shape index (κ3) is 2.99. The Morgan fingerprint density at radius 2 is 2.04 bits per heavy atom. The fourth-order valence-corrected chi connectivity index (χ4v) is 2.88. The minimum Gasteiger partial charge on any atom is -0.359 e. The van der Waals surface area contributed by atoms with Crippen LogP contribution < -0.4 is 0 Å². The number of Topliss-reactive ketones (excluding diaryl/α,β-unsaturated/α-hetero) is 1. The lowest BCUT2D eigenvalue weighted by atomic mass is 10.0. The van der Waals surface area contributed by atoms with Crippen molar-refractivity contribution in [2.24, 2.45) is 0 Å². The number of aryl methyl sites for hydroxylation is 1. The Kier molecular flexibility index (Phi) is 4.04. The van der Waals surface area contributed by atoms with Crippen LogP contribution in [-0.4, -0.2) is 25.9 Å². The Morgan fingerprint density at radius 3 is 2.92 bits per heavy atom. The van der Waals surface area contributed by atoms with Gasteiger partial charge in [0, 0.05) is 29.8 Å². The van der Waals surface area contributed by atoms with Crippen molar-refractivity contribution in [1.82, 2.24) is 20.2 Å². The van der Waals surface area contributed by atoms with Crippen molar-refractivity contribution in [2.45, 2.75) is 12.8 Å². The standard InChI is InChI=1S/C19H14F2N4O/c20-13-4-5-15(21)11(8-13)3-6-17(26)12-9-16(23-10-12)18-14-2-1-7-22-19(14)25-24-18/h1-2,4-5,7-10,23H,3,6H2,(H,22,24,25). The van der Waals surface area contributed by atoms with Gasteiger partial charge >= 0.3 is 0 Å². The molecule has 7 heteroatoms. The van der Waals surface area contributed by atoms with Crippen molar-refractivity contribution in [3.05, 3.63) is 71.6 Å². The van der Waals surface area contributed by atoms with Gasteiger partial charge in [0.05, 0.1) is 11.4 Å². The average Bonchev–Trinajstić information content (AvgIpc) is 3.28. The summed E-state index contributed by atoms with van der Waals surface area (Å²) in [5.41, 5.74) is 2.71. The highest BCUT2D eigenvalue weighted by atomic mass is 19.1. The molecule has 0 radical (unpaired) electrons. The van der Waals surface area contributed by atoms with E-state index in [4.69, 9.17) is 0 Å². The fraction of sp³-hybridized carbons (Fsp3) is 0.105. The number of fused-ring (bicyclic) bond motifs is 1. The van der Waals surface area contributed by atoms with Crippen LogP contribution in [0, 0.1) is 11.6 Å². The highest BCUT2D eigenvalue weighted by Gasteiger charge is 2.14. The van der Waals surface area contributed by atoms with Crippen LogP contribution in [0.1, 0.15) is 22.3 Å². The molecular weight excluding hydrogens is 338 g/mol. The molecule has 4 aromatic rings. The molecule has 0 aliphatic rings. The summed E-state index contributed by atoms with van der Waals surface area (Å²) in [5.74, 6) is -1.18. The van der Waals surface area contributed by atoms with Crippen LogP contribution in [0.5, 0.6) is 0 Å². The van der Waals surface area contributed by atoms with Crippen molar-refractivity contribution in [1.29, 1.82) is 0 Å². The number of nitrogens with one attached hydrogen (secondary N) is 2. The topological polar surface area (TPSA) is 74.4 Å². The van der Waals surface area contributed by atoms with E-state index in [0.717, 1.165) is 29.3 Å². The van der Waals surface area contributed by atoms with Crippen LogP contribution in [-0.2, 0) is 6.42 Å². The average molecular weight is 352 g/mol. The Hall–Kier alpha value is -3.35. The van der Waals surface area contributed by atoms with Gasteiger partial charge in [-0.2, -0.15) is 5.10 Å². The lowest BCUT2D eigenvalue weighted by Gasteiger charge is -2.02. The number of rotatable bonds is 5. The van der Waals surface area contributed by atoms with Crippen molar-refractivity contribution in [2.75, 3.05) is 0 Å². The van der Waals surface area contributed by atoms with Gasteiger partial charge in [0.1, 0.15) is 11.6 Å². The van der Waals surface area contributed by atoms with E-state index < -0.39 is 11.6 Å². The predicted molar refractivity (Wildman–Crippen MR) is 92.7 cm³/mol. The summed E-state index contributed by atoms with van der Waals surface area (Å²) in [7, 11) is 0. The molecule has 3 heterocycles. The summed E-state index contributed by atoms with van der Waals surface area (Å²) in [6.45, 7) is 0. The molecule has 0 aliphatic carbocycles. The van der Waals surface area contributed by atoms with Crippen molar-refractivity contribution in [3.8, 4) is 11.4 Å². The van der Waals surface area contributed by atoms with Gasteiger partial charge in [-0.25, -0.2) is 13.8 Å². The smallest absolute Gasteiger partial charge is 0.181 e. The zero-order valence-electron chi connectivity index (χ0n) is 13.6. The Morgan fingerprint density at radius 1 is 1.15 bits per heavy atom. The van der Waals surface area contributed by atoms with E-state index in [2.05, 4.69) is 20.2 Å². The maximum Gasteiger partial charge on any atom is 0.181 e. The summed E-state index contributed by atoms with van der Waals surface area (Å²) in [5, 5.41) is 7.88. The zero-order chi connectivity index (χ0) is 18.1. The van der Waals surface area contributed by atoms with E-state index in [9.17, 15) is 13.6 Å². The first-order chi connectivity index (χ1) is 12.6. The molecular formula is C19H14F2N4O. The number of aromatic amines is 2. The van der Waals surface area contributed by atoms with E-state index in [1.54, 1.807) is 18.5 Å². The van der Waals surface area contributed by atoms with E-state index in [0.29, 0.717) is 16.9 Å². The molecule has 2 N–H and O–H groups in total. The molecule has 1 aromatic carbocycles. The molecule has 0 amide bonds. The van der Waals surface area contributed by atoms with Crippen LogP contribution in [0.25, 0.3) is 22.4 Å². The molecule has 0 atom stereocenters. The lowest BCUT2D eigenvalue weighted by Crippen LogP contribution is -2.01. The number of carbonyl (C=O) groups is 1. The molecule has 4 rings (SSSR count). The van der Waals surface area contributed by atoms with E-state index >= 15 is 0 Å². The van der Waals surface area contributed by atoms with Gasteiger partial charge in [-0.1, -0.05) is 0 Å². The lowest BCUT2D eigenvalue weighted by molar-refractivity contribution is 0.0983. The number of nitrogens with zero attached hydrogens (tertiary/aromatic N) is 2. The second-order valence-corrected chi connectivity index (χ2v) is 5.93. The summed E-state index contributed by atoms with van der Waals surface area (Å²) < 4.78 is 26.9. The molecule has 26 heavy (non-hydrogen) atoms. The number of ketones is 1. The Labute approximate surface area is 147 Å². The number of carbonyl (C=O) groups excluding carboxylic acids is 1. The molecule has 0 aliphatic heterocycles. The number of hydrogen-bond acceptors (Lipinski definition) is 3. The first kappa shape index (κ1) is 16.1. The van der Waals surface area contributed by atoms with E-state index in [1.165, 1.54) is 0 Å². The predicted octanol–water partition coefficient (Wildman–Crippen LogP) is 4.05. The van der Waals surface area contributed by atoms with Crippen molar-refractivity contribution < 1.29 is 13.6 Å². The number of halogens is 2. The van der Waals surface area contributed by atoms with Crippen LogP contribution in [0.4, 0.5) is 8.78 Å². The molecule has 3 aromatic heterocycles. The van der Waals surface area contributed by atoms with Crippen molar-refractivity contribution in [3.63, 3.8) is 0 Å². The molecule has 0 fully saturated rings. The first-order valence-corrected chi connectivity index (χ1v) is 8.07. The molecule has 130 valence electrons. The summed E-state index contributed by atoms with van der Waals surface area (Å²) in [6, 6.07) is 8.66. The van der Waals surface area contributed by atoms with Gasteiger partial charge in [-0.15, -0.1) is 0 Å². The quantitative estimate of drug-likeness (QED) is 0.532. The highest BCUT2D eigenvalue weighted by Crippen LogP contribution is 2.25. The monoisotopic (exact) mass is 352 g/mol. The van der Waals surface area contributed by atoms with E-state index in [1.807, 2.05) is 12.1 Å². The van der Waals surface area contributed by atoms with Crippen LogP contribution in [0.3, 0.4) is 0 Å². The van der Waals surface area contributed by atoms with E-state index in [-0.39, 0.29) is 24.2 Å². The molecule has 0 saturated carbocycles. The number of aromatic nitrogens is 4. The third-order valence-electron chi connectivity index (χ3n) is 4.23. The van der Waals surface area contributed by atoms with Gasteiger partial charge in [0.2, 0.25) is 0 Å². The van der Waals surface area contributed by atoms with Gasteiger partial charge in [0.25, 0.3) is 0 Å². The van der Waals surface area contributed by atoms with Crippen LogP contribution in [0.15, 0.2) is 48.8 Å². The largest absolute Gasteiger partial charge is 0.359 e. The van der Waals surface area contributed by atoms with Gasteiger partial charge in [-0.3, -0.25) is 9.89 Å². The third-order valence-corrected chi connectivity index (χ3v) is 4.23.